The highest BCUT2D eigenvalue weighted by atomic mass is 19.1. The average Bonchev–Trinajstić information content (AvgIpc) is 3.18. The van der Waals surface area contributed by atoms with Crippen molar-refractivity contribution in [3.05, 3.63) is 46.1 Å². The number of anilines is 1. The second kappa shape index (κ2) is 7.81. The molecule has 2 aliphatic rings. The third kappa shape index (κ3) is 3.84. The van der Waals surface area contributed by atoms with Crippen LogP contribution in [0.4, 0.5) is 10.2 Å². The van der Waals surface area contributed by atoms with Crippen molar-refractivity contribution in [3.63, 3.8) is 0 Å². The van der Waals surface area contributed by atoms with E-state index in [1.165, 1.54) is 6.07 Å². The van der Waals surface area contributed by atoms with Gasteiger partial charge in [0, 0.05) is 25.7 Å². The number of nitrogens with zero attached hydrogens (tertiary/aromatic N) is 3. The molecule has 0 radical (unpaired) electrons. The second-order valence-corrected chi connectivity index (χ2v) is 7.71. The van der Waals surface area contributed by atoms with Gasteiger partial charge in [0.25, 0.3) is 0 Å². The van der Waals surface area contributed by atoms with Crippen molar-refractivity contribution >= 4 is 5.82 Å². The van der Waals surface area contributed by atoms with E-state index in [0.717, 1.165) is 37.9 Å². The Labute approximate surface area is 163 Å². The first-order valence-corrected chi connectivity index (χ1v) is 9.94. The largest absolute Gasteiger partial charge is 0.487 e. The Hall–Kier alpha value is -2.57. The fourth-order valence-electron chi connectivity index (χ4n) is 3.86. The van der Waals surface area contributed by atoms with Crippen LogP contribution in [0, 0.1) is 5.82 Å². The molecule has 7 heteroatoms. The Bertz CT molecular complexity index is 908. The zero-order valence-corrected chi connectivity index (χ0v) is 16.4. The summed E-state index contributed by atoms with van der Waals surface area (Å²) in [6, 6.07) is 6.97. The predicted molar refractivity (Wildman–Crippen MR) is 105 cm³/mol. The van der Waals surface area contributed by atoms with E-state index in [9.17, 15) is 9.18 Å². The maximum Gasteiger partial charge on any atom is 0.352 e. The molecule has 150 valence electrons. The maximum absolute atomic E-state index is 14.4. The lowest BCUT2D eigenvalue weighted by Gasteiger charge is -2.34. The van der Waals surface area contributed by atoms with Gasteiger partial charge in [-0.3, -0.25) is 4.57 Å². The second-order valence-electron chi connectivity index (χ2n) is 7.71. The molecule has 0 amide bonds. The van der Waals surface area contributed by atoms with Crippen LogP contribution in [0.15, 0.2) is 29.1 Å². The molecule has 0 bridgehead atoms. The van der Waals surface area contributed by atoms with E-state index in [-0.39, 0.29) is 35.8 Å². The standard InChI is InChI=1S/C21H26FN3O3/c1-14-9-10-25-20(24(14)2)12-19(23-21(25)26)27-13-15-7-8-18(17(22)11-15)28-16-5-3-4-6-16/h7-8,11-12,14,16H,3-6,9-10,13H2,1-2H3. The van der Waals surface area contributed by atoms with Gasteiger partial charge in [0.1, 0.15) is 12.4 Å². The fourth-order valence-corrected chi connectivity index (χ4v) is 3.86. The number of aromatic nitrogens is 2. The number of rotatable bonds is 5. The zero-order valence-electron chi connectivity index (χ0n) is 16.4. The fraction of sp³-hybridized carbons (Fsp3) is 0.524. The molecule has 0 spiro atoms. The van der Waals surface area contributed by atoms with Gasteiger partial charge in [0.2, 0.25) is 5.88 Å². The summed E-state index contributed by atoms with van der Waals surface area (Å²) >= 11 is 0. The van der Waals surface area contributed by atoms with Crippen LogP contribution in [-0.2, 0) is 13.2 Å². The van der Waals surface area contributed by atoms with Gasteiger partial charge < -0.3 is 14.4 Å². The Balaban J connectivity index is 1.45. The third-order valence-corrected chi connectivity index (χ3v) is 5.74. The molecule has 6 nitrogen and oxygen atoms in total. The van der Waals surface area contributed by atoms with Crippen LogP contribution in [-0.4, -0.2) is 28.7 Å². The van der Waals surface area contributed by atoms with Crippen molar-refractivity contribution < 1.29 is 13.9 Å². The van der Waals surface area contributed by atoms with Gasteiger partial charge >= 0.3 is 5.69 Å². The minimum absolute atomic E-state index is 0.114. The summed E-state index contributed by atoms with van der Waals surface area (Å²) in [6.07, 6.45) is 5.26. The molecule has 2 heterocycles. The van der Waals surface area contributed by atoms with Crippen molar-refractivity contribution in [3.8, 4) is 11.6 Å². The lowest BCUT2D eigenvalue weighted by molar-refractivity contribution is 0.200. The molecule has 4 rings (SSSR count). The summed E-state index contributed by atoms with van der Waals surface area (Å²) in [4.78, 5) is 18.3. The average molecular weight is 387 g/mol. The molecule has 28 heavy (non-hydrogen) atoms. The number of halogens is 1. The number of ether oxygens (including phenoxy) is 2. The molecular formula is C21H26FN3O3. The van der Waals surface area contributed by atoms with Crippen molar-refractivity contribution in [2.24, 2.45) is 0 Å². The topological polar surface area (TPSA) is 56.6 Å². The lowest BCUT2D eigenvalue weighted by atomic mass is 10.1. The van der Waals surface area contributed by atoms with E-state index in [1.54, 1.807) is 22.8 Å². The van der Waals surface area contributed by atoms with Gasteiger partial charge in [0.15, 0.2) is 11.6 Å². The minimum Gasteiger partial charge on any atom is -0.487 e. The van der Waals surface area contributed by atoms with Crippen LogP contribution < -0.4 is 20.1 Å². The number of fused-ring (bicyclic) bond motifs is 1. The summed E-state index contributed by atoms with van der Waals surface area (Å²) in [5, 5.41) is 0. The molecule has 1 aromatic carbocycles. The van der Waals surface area contributed by atoms with Gasteiger partial charge in [-0.05, 0) is 56.7 Å². The third-order valence-electron chi connectivity index (χ3n) is 5.74. The number of hydrogen-bond acceptors (Lipinski definition) is 5. The van der Waals surface area contributed by atoms with Gasteiger partial charge in [-0.2, -0.15) is 4.98 Å². The van der Waals surface area contributed by atoms with Crippen molar-refractivity contribution in [2.45, 2.75) is 64.3 Å². The maximum atomic E-state index is 14.4. The van der Waals surface area contributed by atoms with Crippen LogP contribution in [0.5, 0.6) is 11.6 Å². The molecule has 1 unspecified atom stereocenters. The van der Waals surface area contributed by atoms with E-state index < -0.39 is 0 Å². The molecule has 1 saturated carbocycles. The first-order chi connectivity index (χ1) is 13.5. The number of hydrogen-bond donors (Lipinski definition) is 0. The smallest absolute Gasteiger partial charge is 0.352 e. The highest BCUT2D eigenvalue weighted by Crippen LogP contribution is 2.27. The van der Waals surface area contributed by atoms with Crippen LogP contribution in [0.1, 0.15) is 44.6 Å². The van der Waals surface area contributed by atoms with Gasteiger partial charge in [0.05, 0.1) is 6.10 Å². The molecule has 0 N–H and O–H groups in total. The van der Waals surface area contributed by atoms with Gasteiger partial charge in [-0.25, -0.2) is 9.18 Å². The molecule has 0 saturated heterocycles. The summed E-state index contributed by atoms with van der Waals surface area (Å²) in [7, 11) is 1.96. The Morgan fingerprint density at radius 2 is 2.00 bits per heavy atom. The number of benzene rings is 1. The van der Waals surface area contributed by atoms with Crippen molar-refractivity contribution in [2.75, 3.05) is 11.9 Å². The summed E-state index contributed by atoms with van der Waals surface area (Å²) < 4.78 is 27.4. The van der Waals surface area contributed by atoms with E-state index in [2.05, 4.69) is 11.9 Å². The molecular weight excluding hydrogens is 361 g/mol. The lowest BCUT2D eigenvalue weighted by Crippen LogP contribution is -2.41. The normalized spacial score (nSPS) is 19.5. The predicted octanol–water partition coefficient (Wildman–Crippen LogP) is 3.51. The SMILES string of the molecule is CC1CCn2c(cc(OCc3ccc(OC4CCCC4)c(F)c3)nc2=O)N1C. The molecule has 2 aromatic rings. The van der Waals surface area contributed by atoms with E-state index in [0.29, 0.717) is 18.2 Å². The summed E-state index contributed by atoms with van der Waals surface area (Å²) in [5.74, 6) is 0.945. The first kappa shape index (κ1) is 18.8. The highest BCUT2D eigenvalue weighted by Gasteiger charge is 2.22. The van der Waals surface area contributed by atoms with Crippen LogP contribution in [0.25, 0.3) is 0 Å². The quantitative estimate of drug-likeness (QED) is 0.786. The summed E-state index contributed by atoms with van der Waals surface area (Å²) in [6.45, 7) is 2.91. The van der Waals surface area contributed by atoms with Gasteiger partial charge in [-0.15, -0.1) is 0 Å². The van der Waals surface area contributed by atoms with Crippen LogP contribution in [0.2, 0.25) is 0 Å². The molecule has 1 aliphatic carbocycles. The van der Waals surface area contributed by atoms with E-state index in [4.69, 9.17) is 9.47 Å². The molecule has 1 aliphatic heterocycles. The van der Waals surface area contributed by atoms with Crippen molar-refractivity contribution in [1.29, 1.82) is 0 Å². The van der Waals surface area contributed by atoms with E-state index in [1.807, 2.05) is 11.9 Å². The van der Waals surface area contributed by atoms with Crippen molar-refractivity contribution in [1.82, 2.24) is 9.55 Å². The monoisotopic (exact) mass is 387 g/mol. The first-order valence-electron chi connectivity index (χ1n) is 9.94. The Morgan fingerprint density at radius 1 is 1.21 bits per heavy atom. The van der Waals surface area contributed by atoms with Crippen LogP contribution >= 0.6 is 0 Å². The van der Waals surface area contributed by atoms with E-state index >= 15 is 0 Å². The zero-order chi connectivity index (χ0) is 19.7. The Morgan fingerprint density at radius 3 is 2.75 bits per heavy atom. The molecule has 1 atom stereocenters. The molecule has 1 fully saturated rings. The highest BCUT2D eigenvalue weighted by molar-refractivity contribution is 5.44. The van der Waals surface area contributed by atoms with Crippen LogP contribution in [0.3, 0.4) is 0 Å². The van der Waals surface area contributed by atoms with Gasteiger partial charge in [-0.1, -0.05) is 6.07 Å². The molecule has 1 aromatic heterocycles. The Kier molecular flexibility index (Phi) is 5.24. The summed E-state index contributed by atoms with van der Waals surface area (Å²) in [5.41, 5.74) is 0.343. The minimum atomic E-state index is -0.389.